The zero-order valence-corrected chi connectivity index (χ0v) is 12.1. The molecule has 1 aromatic rings. The van der Waals surface area contributed by atoms with E-state index >= 15 is 0 Å². The van der Waals surface area contributed by atoms with Gasteiger partial charge in [0.25, 0.3) is 0 Å². The van der Waals surface area contributed by atoms with E-state index in [9.17, 15) is 9.90 Å². The van der Waals surface area contributed by atoms with Gasteiger partial charge in [0.05, 0.1) is 11.4 Å². The molecule has 0 aliphatic heterocycles. The summed E-state index contributed by atoms with van der Waals surface area (Å²) in [7, 11) is 0. The van der Waals surface area contributed by atoms with E-state index in [1.165, 1.54) is 11.8 Å². The van der Waals surface area contributed by atoms with Crippen molar-refractivity contribution in [1.82, 2.24) is 0 Å². The van der Waals surface area contributed by atoms with Gasteiger partial charge >= 0.3 is 0 Å². The topological polar surface area (TPSA) is 49.3 Å². The number of hydrogen-bond acceptors (Lipinski definition) is 3. The number of amides is 1. The zero-order chi connectivity index (χ0) is 13.7. The smallest absolute Gasteiger partial charge is 0.237 e. The molecule has 1 amide bonds. The Balaban J connectivity index is 2.58. The molecule has 0 bridgehead atoms. The third-order valence-electron chi connectivity index (χ3n) is 2.87. The fourth-order valence-electron chi connectivity index (χ4n) is 1.44. The fraction of sp³-hybridized carbons (Fsp3) is 0.500. The molecule has 4 heteroatoms. The summed E-state index contributed by atoms with van der Waals surface area (Å²) in [6, 6.07) is 7.70. The van der Waals surface area contributed by atoms with Crippen LogP contribution in [-0.2, 0) is 4.79 Å². The Bertz CT molecular complexity index is 407. The molecule has 0 spiro atoms. The summed E-state index contributed by atoms with van der Waals surface area (Å²) >= 11 is 1.48. The van der Waals surface area contributed by atoms with Crippen LogP contribution in [0.25, 0.3) is 0 Å². The fourth-order valence-corrected chi connectivity index (χ4v) is 2.50. The molecule has 0 saturated carbocycles. The maximum Gasteiger partial charge on any atom is 0.237 e. The number of thioether (sulfide) groups is 1. The predicted octanol–water partition coefficient (Wildman–Crippen LogP) is 2.82. The third kappa shape index (κ3) is 4.35. The van der Waals surface area contributed by atoms with Gasteiger partial charge in [0, 0.05) is 10.9 Å². The average Bonchev–Trinajstić information content (AvgIpc) is 2.31. The summed E-state index contributed by atoms with van der Waals surface area (Å²) in [4.78, 5) is 12.0. The minimum absolute atomic E-state index is 0.0261. The van der Waals surface area contributed by atoms with E-state index in [2.05, 4.69) is 5.32 Å². The van der Waals surface area contributed by atoms with Crippen molar-refractivity contribution in [2.24, 2.45) is 0 Å². The highest BCUT2D eigenvalue weighted by atomic mass is 32.2. The Kier molecular flexibility index (Phi) is 5.69. The number of rotatable bonds is 5. The SMILES string of the molecule is Cc1ccccc1NC(=O)C(C)SC(C)C(C)O. The number of hydrogen-bond donors (Lipinski definition) is 2. The molecule has 18 heavy (non-hydrogen) atoms. The number of carbonyl (C=O) groups is 1. The van der Waals surface area contributed by atoms with E-state index in [0.29, 0.717) is 0 Å². The number of benzene rings is 1. The van der Waals surface area contributed by atoms with E-state index in [4.69, 9.17) is 0 Å². The van der Waals surface area contributed by atoms with Gasteiger partial charge < -0.3 is 10.4 Å². The largest absolute Gasteiger partial charge is 0.392 e. The first-order valence-corrected chi connectivity index (χ1v) is 7.06. The summed E-state index contributed by atoms with van der Waals surface area (Å²) in [6.45, 7) is 7.49. The molecule has 3 atom stereocenters. The van der Waals surface area contributed by atoms with Gasteiger partial charge in [-0.1, -0.05) is 25.1 Å². The second kappa shape index (κ2) is 6.81. The number of anilines is 1. The van der Waals surface area contributed by atoms with Crippen LogP contribution in [0.5, 0.6) is 0 Å². The van der Waals surface area contributed by atoms with E-state index in [0.717, 1.165) is 11.3 Å². The summed E-state index contributed by atoms with van der Waals surface area (Å²) in [5, 5.41) is 12.2. The lowest BCUT2D eigenvalue weighted by Gasteiger charge is -2.19. The van der Waals surface area contributed by atoms with E-state index in [-0.39, 0.29) is 16.4 Å². The van der Waals surface area contributed by atoms with Crippen LogP contribution in [0.2, 0.25) is 0 Å². The van der Waals surface area contributed by atoms with Crippen LogP contribution in [-0.4, -0.2) is 27.6 Å². The maximum absolute atomic E-state index is 12.0. The summed E-state index contributed by atoms with van der Waals surface area (Å²) in [6.07, 6.45) is -0.413. The average molecular weight is 267 g/mol. The Morgan fingerprint density at radius 2 is 1.89 bits per heavy atom. The van der Waals surface area contributed by atoms with Crippen molar-refractivity contribution in [2.45, 2.75) is 44.3 Å². The molecule has 3 unspecified atom stereocenters. The van der Waals surface area contributed by atoms with Crippen molar-refractivity contribution < 1.29 is 9.90 Å². The number of aryl methyl sites for hydroxylation is 1. The summed E-state index contributed by atoms with van der Waals surface area (Å²) < 4.78 is 0. The Morgan fingerprint density at radius 1 is 1.28 bits per heavy atom. The van der Waals surface area contributed by atoms with Gasteiger partial charge in [0.15, 0.2) is 0 Å². The van der Waals surface area contributed by atoms with Crippen molar-refractivity contribution in [3.63, 3.8) is 0 Å². The van der Waals surface area contributed by atoms with Crippen LogP contribution < -0.4 is 5.32 Å². The molecular formula is C14H21NO2S. The van der Waals surface area contributed by atoms with Crippen molar-refractivity contribution in [3.8, 4) is 0 Å². The van der Waals surface area contributed by atoms with Gasteiger partial charge in [-0.05, 0) is 32.4 Å². The highest BCUT2D eigenvalue weighted by Gasteiger charge is 2.19. The number of nitrogens with one attached hydrogen (secondary N) is 1. The van der Waals surface area contributed by atoms with Crippen molar-refractivity contribution in [1.29, 1.82) is 0 Å². The molecule has 0 heterocycles. The maximum atomic E-state index is 12.0. The Morgan fingerprint density at radius 3 is 2.44 bits per heavy atom. The van der Waals surface area contributed by atoms with E-state index < -0.39 is 6.10 Å². The third-order valence-corrected chi connectivity index (χ3v) is 4.32. The summed E-state index contributed by atoms with van der Waals surface area (Å²) in [5.41, 5.74) is 1.89. The minimum atomic E-state index is -0.413. The second-order valence-electron chi connectivity index (χ2n) is 4.53. The van der Waals surface area contributed by atoms with Gasteiger partial charge in [-0.15, -0.1) is 11.8 Å². The second-order valence-corrected chi connectivity index (χ2v) is 6.25. The van der Waals surface area contributed by atoms with Crippen LogP contribution in [0.3, 0.4) is 0 Å². The molecule has 0 fully saturated rings. The van der Waals surface area contributed by atoms with Crippen LogP contribution >= 0.6 is 11.8 Å². The van der Waals surface area contributed by atoms with Gasteiger partial charge in [-0.2, -0.15) is 0 Å². The minimum Gasteiger partial charge on any atom is -0.392 e. The first-order chi connectivity index (χ1) is 8.41. The normalized spacial score (nSPS) is 15.8. The Hall–Kier alpha value is -1.000. The quantitative estimate of drug-likeness (QED) is 0.862. The van der Waals surface area contributed by atoms with Gasteiger partial charge in [0.1, 0.15) is 0 Å². The molecule has 0 aliphatic rings. The molecule has 100 valence electrons. The highest BCUT2D eigenvalue weighted by molar-refractivity contribution is 8.01. The van der Waals surface area contributed by atoms with Gasteiger partial charge in [-0.3, -0.25) is 4.79 Å². The monoisotopic (exact) mass is 267 g/mol. The lowest BCUT2D eigenvalue weighted by atomic mass is 10.2. The zero-order valence-electron chi connectivity index (χ0n) is 11.3. The first kappa shape index (κ1) is 15.1. The Labute approximate surface area is 113 Å². The van der Waals surface area contributed by atoms with Crippen molar-refractivity contribution in [3.05, 3.63) is 29.8 Å². The molecule has 1 aromatic carbocycles. The number of aliphatic hydroxyl groups excluding tert-OH is 1. The van der Waals surface area contributed by atoms with Crippen LogP contribution in [0.4, 0.5) is 5.69 Å². The molecule has 0 radical (unpaired) electrons. The van der Waals surface area contributed by atoms with Gasteiger partial charge in [0.2, 0.25) is 5.91 Å². The van der Waals surface area contributed by atoms with Crippen LogP contribution in [0.1, 0.15) is 26.3 Å². The first-order valence-electron chi connectivity index (χ1n) is 6.12. The lowest BCUT2D eigenvalue weighted by Crippen LogP contribution is -2.27. The molecule has 0 aliphatic carbocycles. The van der Waals surface area contributed by atoms with Crippen molar-refractivity contribution >= 4 is 23.4 Å². The van der Waals surface area contributed by atoms with Crippen molar-refractivity contribution in [2.75, 3.05) is 5.32 Å². The molecule has 2 N–H and O–H groups in total. The van der Waals surface area contributed by atoms with Crippen LogP contribution in [0, 0.1) is 6.92 Å². The van der Waals surface area contributed by atoms with Crippen LogP contribution in [0.15, 0.2) is 24.3 Å². The number of aliphatic hydroxyl groups is 1. The molecular weight excluding hydrogens is 246 g/mol. The van der Waals surface area contributed by atoms with E-state index in [1.807, 2.05) is 45.0 Å². The summed E-state index contributed by atoms with van der Waals surface area (Å²) in [5.74, 6) is -0.0261. The highest BCUT2D eigenvalue weighted by Crippen LogP contribution is 2.22. The van der Waals surface area contributed by atoms with E-state index in [1.54, 1.807) is 6.92 Å². The number of para-hydroxylation sites is 1. The molecule has 0 aromatic heterocycles. The molecule has 3 nitrogen and oxygen atoms in total. The number of carbonyl (C=O) groups excluding carboxylic acids is 1. The standard InChI is InChI=1S/C14H21NO2S/c1-9-7-5-6-8-13(9)15-14(17)12(4)18-11(3)10(2)16/h5-8,10-12,16H,1-4H3,(H,15,17). The molecule has 0 saturated heterocycles. The van der Waals surface area contributed by atoms with Gasteiger partial charge in [-0.25, -0.2) is 0 Å². The lowest BCUT2D eigenvalue weighted by molar-refractivity contribution is -0.115. The predicted molar refractivity (Wildman–Crippen MR) is 78.0 cm³/mol. The molecule has 1 rings (SSSR count).